The van der Waals surface area contributed by atoms with Gasteiger partial charge in [-0.05, 0) is 47.8 Å². The van der Waals surface area contributed by atoms with Gasteiger partial charge in [-0.2, -0.15) is 140 Å². The van der Waals surface area contributed by atoms with Crippen molar-refractivity contribution in [2.45, 2.75) is 101 Å². The molecule has 0 aliphatic carbocycles. The van der Waals surface area contributed by atoms with Crippen molar-refractivity contribution in [1.82, 2.24) is 0 Å². The Morgan fingerprint density at radius 2 is 0.556 bits per heavy atom. The third-order valence-corrected chi connectivity index (χ3v) is 8.16. The van der Waals surface area contributed by atoms with Crippen LogP contribution < -0.4 is 10.6 Å². The SMILES string of the molecule is Cc1ccc(NC(=O)C(F)(F)C(F)(F)C(F)(F)C(F)(F)C(F)(F)C(F)(F)C(F)(F)C(F)(F)Cl)c(NC(=O)C(F)(F)C(F)(F)C(F)(F)C(F)(F)C(F)(F)C(F)(F)C(F)(F)C(F)(F)Cl)c1. The quantitative estimate of drug-likeness (QED) is 0.114. The molecule has 0 bridgehead atoms. The average molecular weight is 1050 g/mol. The van der Waals surface area contributed by atoms with Crippen LogP contribution in [0.5, 0.6) is 0 Å². The third kappa shape index (κ3) is 7.72. The summed E-state index contributed by atoms with van der Waals surface area (Å²) in [4.78, 5) is 23.9. The second-order valence-corrected chi connectivity index (χ2v) is 12.9. The van der Waals surface area contributed by atoms with E-state index in [1.165, 1.54) is 0 Å². The van der Waals surface area contributed by atoms with Crippen molar-refractivity contribution in [1.29, 1.82) is 0 Å². The molecule has 1 aromatic carbocycles. The molecule has 0 aromatic heterocycles. The molecule has 0 saturated heterocycles. The smallest absolute Gasteiger partial charge is 0.319 e. The van der Waals surface area contributed by atoms with Crippen LogP contribution in [-0.2, 0) is 9.59 Å². The highest BCUT2D eigenvalue weighted by Crippen LogP contribution is 2.66. The lowest BCUT2D eigenvalue weighted by atomic mass is 9.89. The number of carbonyl (C=O) groups is 2. The average Bonchev–Trinajstić information content (AvgIpc) is 3.07. The molecule has 0 spiro atoms. The minimum Gasteiger partial charge on any atom is -0.319 e. The van der Waals surface area contributed by atoms with Crippen molar-refractivity contribution >= 4 is 46.4 Å². The Balaban J connectivity index is 3.82. The molecular formula is C25H8Cl2F32N2O2. The molecule has 63 heavy (non-hydrogen) atoms. The molecule has 368 valence electrons. The summed E-state index contributed by atoms with van der Waals surface area (Å²) in [6.45, 7) is 0.510. The van der Waals surface area contributed by atoms with E-state index in [0.29, 0.717) is 6.92 Å². The molecule has 0 saturated carbocycles. The zero-order valence-corrected chi connectivity index (χ0v) is 29.4. The van der Waals surface area contributed by atoms with Crippen LogP contribution in [0.1, 0.15) is 5.56 Å². The first-order valence-corrected chi connectivity index (χ1v) is 14.8. The molecule has 0 aliphatic rings. The summed E-state index contributed by atoms with van der Waals surface area (Å²) in [6, 6.07) is -0.544. The Morgan fingerprint density at radius 1 is 0.349 bits per heavy atom. The minimum absolute atomic E-state index is 0.0130. The fourth-order valence-electron chi connectivity index (χ4n) is 3.89. The second kappa shape index (κ2) is 15.3. The summed E-state index contributed by atoms with van der Waals surface area (Å²) < 4.78 is 440. The number of halogens is 34. The van der Waals surface area contributed by atoms with Crippen LogP contribution in [0.25, 0.3) is 0 Å². The predicted molar refractivity (Wildman–Crippen MR) is 139 cm³/mol. The van der Waals surface area contributed by atoms with Gasteiger partial charge >= 0.3 is 105 Å². The highest BCUT2D eigenvalue weighted by Gasteiger charge is 2.97. The number of amides is 2. The zero-order chi connectivity index (χ0) is 51.4. The van der Waals surface area contributed by atoms with Crippen LogP contribution in [0.4, 0.5) is 152 Å². The van der Waals surface area contributed by atoms with E-state index in [9.17, 15) is 150 Å². The van der Waals surface area contributed by atoms with Crippen LogP contribution in [-0.4, -0.2) is 105 Å². The van der Waals surface area contributed by atoms with Gasteiger partial charge in [-0.15, -0.1) is 0 Å². The van der Waals surface area contributed by atoms with Crippen molar-refractivity contribution in [2.24, 2.45) is 0 Å². The van der Waals surface area contributed by atoms with Gasteiger partial charge in [-0.3, -0.25) is 9.59 Å². The van der Waals surface area contributed by atoms with Crippen LogP contribution in [0.2, 0.25) is 0 Å². The number of rotatable bonds is 18. The van der Waals surface area contributed by atoms with E-state index in [-0.39, 0.29) is 28.8 Å². The molecule has 2 N–H and O–H groups in total. The van der Waals surface area contributed by atoms with Crippen LogP contribution in [0.3, 0.4) is 0 Å². The lowest BCUT2D eigenvalue weighted by molar-refractivity contribution is -0.445. The molecular weight excluding hydrogens is 1040 g/mol. The van der Waals surface area contributed by atoms with Crippen LogP contribution in [0.15, 0.2) is 18.2 Å². The van der Waals surface area contributed by atoms with E-state index >= 15 is 0 Å². The van der Waals surface area contributed by atoms with Crippen molar-refractivity contribution in [2.75, 3.05) is 10.6 Å². The predicted octanol–water partition coefficient (Wildman–Crippen LogP) is 12.4. The van der Waals surface area contributed by atoms with Gasteiger partial charge in [0.1, 0.15) is 0 Å². The lowest BCUT2D eigenvalue weighted by Crippen LogP contribution is -2.75. The largest absolute Gasteiger partial charge is 0.393 e. The fraction of sp³-hybridized carbons (Fsp3) is 0.680. The van der Waals surface area contributed by atoms with E-state index in [4.69, 9.17) is 0 Å². The number of alkyl halides is 34. The first-order valence-electron chi connectivity index (χ1n) is 14.1. The van der Waals surface area contributed by atoms with Crippen LogP contribution in [0, 0.1) is 6.92 Å². The standard InChI is InChI=1S/C25H8Cl2F32N2O2/c1-5-2-3-6(60-8(62)10(28,29)12(32,33)14(36,37)16(40,41)18(44,45)20(48,49)22(52,53)24(26,56)57)7(4-5)61-9(63)11(30,31)13(34,35)15(38,39)17(42,43)19(46,47)21(50,51)23(54,55)25(27,58)59/h2-4H,1H3,(H,60,62)(H,61,63). The molecule has 2 amide bonds. The summed E-state index contributed by atoms with van der Waals surface area (Å²) in [5, 5.41) is -14.4. The number of benzene rings is 1. The van der Waals surface area contributed by atoms with E-state index in [1.54, 1.807) is 0 Å². The van der Waals surface area contributed by atoms with Crippen molar-refractivity contribution in [3.05, 3.63) is 23.8 Å². The molecule has 0 heterocycles. The van der Waals surface area contributed by atoms with Gasteiger partial charge < -0.3 is 10.6 Å². The number of carbonyl (C=O) groups excluding carboxylic acids is 2. The number of nitrogens with one attached hydrogen (secondary N) is 2. The summed E-state index contributed by atoms with van der Waals surface area (Å²) in [7, 11) is 0. The van der Waals surface area contributed by atoms with Gasteiger partial charge in [0.25, 0.3) is 0 Å². The molecule has 0 unspecified atom stereocenters. The molecule has 0 aliphatic heterocycles. The van der Waals surface area contributed by atoms with Crippen molar-refractivity contribution in [3.63, 3.8) is 0 Å². The second-order valence-electron chi connectivity index (χ2n) is 12.0. The number of hydrogen-bond acceptors (Lipinski definition) is 2. The Bertz CT molecular complexity index is 1900. The van der Waals surface area contributed by atoms with E-state index < -0.39 is 122 Å². The fourth-order valence-corrected chi connectivity index (χ4v) is 4.12. The number of anilines is 2. The summed E-state index contributed by atoms with van der Waals surface area (Å²) in [5.74, 6) is -131. The summed E-state index contributed by atoms with van der Waals surface area (Å²) >= 11 is 6.68. The van der Waals surface area contributed by atoms with E-state index in [0.717, 1.165) is 0 Å². The maximum absolute atomic E-state index is 14.4. The van der Waals surface area contributed by atoms with Gasteiger partial charge in [-0.25, -0.2) is 0 Å². The third-order valence-electron chi connectivity index (χ3n) is 7.69. The van der Waals surface area contributed by atoms with E-state index in [1.807, 2.05) is 0 Å². The Kier molecular flexibility index (Phi) is 14.0. The molecule has 0 fully saturated rings. The molecule has 1 rings (SSSR count). The van der Waals surface area contributed by atoms with E-state index in [2.05, 4.69) is 23.2 Å². The zero-order valence-electron chi connectivity index (χ0n) is 27.9. The Morgan fingerprint density at radius 3 is 0.794 bits per heavy atom. The number of aryl methyl sites for hydroxylation is 1. The lowest BCUT2D eigenvalue weighted by Gasteiger charge is -2.42. The van der Waals surface area contributed by atoms with Crippen molar-refractivity contribution in [3.8, 4) is 0 Å². The van der Waals surface area contributed by atoms with Gasteiger partial charge in [0.2, 0.25) is 0 Å². The Hall–Kier alpha value is -3.50. The summed E-state index contributed by atoms with van der Waals surface area (Å²) in [6.07, 6.45) is 0. The first-order chi connectivity index (χ1) is 26.9. The molecule has 4 nitrogen and oxygen atoms in total. The highest BCUT2D eigenvalue weighted by atomic mass is 35.5. The highest BCUT2D eigenvalue weighted by molar-refractivity contribution is 6.22. The minimum atomic E-state index is -9.17. The van der Waals surface area contributed by atoms with Gasteiger partial charge in [0.15, 0.2) is 0 Å². The van der Waals surface area contributed by atoms with Gasteiger partial charge in [0.05, 0.1) is 11.4 Å². The normalized spacial score (nSPS) is 16.0. The van der Waals surface area contributed by atoms with Crippen LogP contribution >= 0.6 is 23.2 Å². The maximum atomic E-state index is 14.4. The Labute approximate surface area is 332 Å². The first kappa shape index (κ1) is 57.5. The molecule has 0 radical (unpaired) electrons. The molecule has 38 heteroatoms. The molecule has 0 atom stereocenters. The maximum Gasteiger partial charge on any atom is 0.393 e. The summed E-state index contributed by atoms with van der Waals surface area (Å²) in [5.41, 5.74) is -5.62. The topological polar surface area (TPSA) is 58.2 Å². The number of hydrogen-bond donors (Lipinski definition) is 2. The van der Waals surface area contributed by atoms with Gasteiger partial charge in [-0.1, -0.05) is 6.07 Å². The monoisotopic (exact) mass is 1050 g/mol. The molecule has 1 aromatic rings. The van der Waals surface area contributed by atoms with Gasteiger partial charge in [0, 0.05) is 0 Å². The van der Waals surface area contributed by atoms with Crippen molar-refractivity contribution < 1.29 is 150 Å².